The fourth-order valence-electron chi connectivity index (χ4n) is 1.72. The van der Waals surface area contributed by atoms with Crippen molar-refractivity contribution in [2.24, 2.45) is 0 Å². The first-order chi connectivity index (χ1) is 9.60. The van der Waals surface area contributed by atoms with E-state index in [4.69, 9.17) is 4.74 Å². The summed E-state index contributed by atoms with van der Waals surface area (Å²) in [5.41, 5.74) is 0.460. The molecular formula is C14H19N3O3. The molecule has 20 heavy (non-hydrogen) atoms. The predicted molar refractivity (Wildman–Crippen MR) is 74.3 cm³/mol. The van der Waals surface area contributed by atoms with E-state index in [1.54, 1.807) is 18.2 Å². The molecule has 0 heterocycles. The third-order valence-electron chi connectivity index (χ3n) is 2.62. The summed E-state index contributed by atoms with van der Waals surface area (Å²) in [7, 11) is 0. The maximum Gasteiger partial charge on any atom is 0.216 e. The van der Waals surface area contributed by atoms with Crippen molar-refractivity contribution in [2.75, 3.05) is 19.7 Å². The van der Waals surface area contributed by atoms with Crippen LogP contribution in [0.5, 0.6) is 11.5 Å². The van der Waals surface area contributed by atoms with E-state index in [-0.39, 0.29) is 11.7 Å². The van der Waals surface area contributed by atoms with Crippen molar-refractivity contribution in [1.82, 2.24) is 10.6 Å². The van der Waals surface area contributed by atoms with Crippen LogP contribution in [0.2, 0.25) is 0 Å². The third kappa shape index (κ3) is 4.44. The number of carbonyl (C=O) groups is 1. The van der Waals surface area contributed by atoms with E-state index >= 15 is 0 Å². The highest BCUT2D eigenvalue weighted by Crippen LogP contribution is 2.33. The highest BCUT2D eigenvalue weighted by atomic mass is 16.5. The molecule has 3 N–H and O–H groups in total. The summed E-state index contributed by atoms with van der Waals surface area (Å²) in [6, 6.07) is 6.45. The molecule has 0 saturated heterocycles. The molecule has 1 amide bonds. The lowest BCUT2D eigenvalue weighted by Gasteiger charge is -2.15. The van der Waals surface area contributed by atoms with E-state index < -0.39 is 6.04 Å². The van der Waals surface area contributed by atoms with Gasteiger partial charge in [0.1, 0.15) is 6.04 Å². The Morgan fingerprint density at radius 2 is 2.25 bits per heavy atom. The number of hydrogen-bond acceptors (Lipinski definition) is 5. The normalized spacial score (nSPS) is 11.4. The largest absolute Gasteiger partial charge is 0.504 e. The molecule has 0 aliphatic rings. The van der Waals surface area contributed by atoms with Crippen molar-refractivity contribution in [3.63, 3.8) is 0 Å². The standard InChI is InChI=1S/C14H19N3O3/c1-3-20-13-6-4-5-11(14(13)19)12(9-15)17-8-7-16-10(2)18/h4-6,12,17,19H,3,7-8H2,1-2H3,(H,16,18). The van der Waals surface area contributed by atoms with Crippen molar-refractivity contribution < 1.29 is 14.6 Å². The van der Waals surface area contributed by atoms with Crippen molar-refractivity contribution in [3.8, 4) is 17.6 Å². The SMILES string of the molecule is CCOc1cccc(C(C#N)NCCNC(C)=O)c1O. The maximum absolute atomic E-state index is 10.7. The molecule has 1 aromatic rings. The Bertz CT molecular complexity index is 497. The van der Waals surface area contributed by atoms with Crippen molar-refractivity contribution in [2.45, 2.75) is 19.9 Å². The molecule has 108 valence electrons. The van der Waals surface area contributed by atoms with Gasteiger partial charge in [-0.2, -0.15) is 5.26 Å². The Hall–Kier alpha value is -2.26. The lowest BCUT2D eigenvalue weighted by Crippen LogP contribution is -2.32. The van der Waals surface area contributed by atoms with Gasteiger partial charge in [-0.25, -0.2) is 0 Å². The number of ether oxygens (including phenoxy) is 1. The van der Waals surface area contributed by atoms with Gasteiger partial charge in [0.15, 0.2) is 11.5 Å². The monoisotopic (exact) mass is 277 g/mol. The molecule has 1 rings (SSSR count). The van der Waals surface area contributed by atoms with Gasteiger partial charge < -0.3 is 15.2 Å². The Kier molecular flexibility index (Phi) is 6.33. The Labute approximate surface area is 118 Å². The van der Waals surface area contributed by atoms with Gasteiger partial charge >= 0.3 is 0 Å². The second kappa shape index (κ2) is 8.02. The molecule has 0 aliphatic carbocycles. The number of para-hydroxylation sites is 1. The Balaban J connectivity index is 2.72. The number of aromatic hydroxyl groups is 1. The number of phenolic OH excluding ortho intramolecular Hbond substituents is 1. The minimum absolute atomic E-state index is 0.0343. The summed E-state index contributed by atoms with van der Waals surface area (Å²) < 4.78 is 5.28. The maximum atomic E-state index is 10.7. The van der Waals surface area contributed by atoms with Gasteiger partial charge in [-0.15, -0.1) is 0 Å². The number of nitrogens with one attached hydrogen (secondary N) is 2. The Morgan fingerprint density at radius 3 is 2.85 bits per heavy atom. The molecule has 0 fully saturated rings. The van der Waals surface area contributed by atoms with Gasteiger partial charge in [0, 0.05) is 25.6 Å². The number of phenols is 1. The number of amides is 1. The zero-order chi connectivity index (χ0) is 15.0. The van der Waals surface area contributed by atoms with Crippen LogP contribution in [0.4, 0.5) is 0 Å². The molecule has 0 aromatic heterocycles. The average Bonchev–Trinajstić information content (AvgIpc) is 2.42. The molecule has 1 atom stereocenters. The summed E-state index contributed by atoms with van der Waals surface area (Å²) in [6.07, 6.45) is 0. The van der Waals surface area contributed by atoms with Crippen LogP contribution >= 0.6 is 0 Å². The lowest BCUT2D eigenvalue weighted by atomic mass is 10.1. The van der Waals surface area contributed by atoms with Crippen LogP contribution in [0.15, 0.2) is 18.2 Å². The summed E-state index contributed by atoms with van der Waals surface area (Å²) in [5, 5.41) is 24.8. The highest BCUT2D eigenvalue weighted by Gasteiger charge is 2.17. The number of rotatable bonds is 7. The second-order valence-corrected chi connectivity index (χ2v) is 4.13. The van der Waals surface area contributed by atoms with E-state index in [0.29, 0.717) is 31.0 Å². The van der Waals surface area contributed by atoms with Crippen LogP contribution in [-0.4, -0.2) is 30.7 Å². The van der Waals surface area contributed by atoms with Crippen molar-refractivity contribution >= 4 is 5.91 Å². The number of benzene rings is 1. The zero-order valence-corrected chi connectivity index (χ0v) is 11.6. The van der Waals surface area contributed by atoms with Crippen molar-refractivity contribution in [3.05, 3.63) is 23.8 Å². The molecule has 0 bridgehead atoms. The molecule has 6 heteroatoms. The van der Waals surface area contributed by atoms with Crippen LogP contribution in [0.25, 0.3) is 0 Å². The first-order valence-corrected chi connectivity index (χ1v) is 6.42. The quantitative estimate of drug-likeness (QED) is 0.648. The average molecular weight is 277 g/mol. The molecule has 1 aromatic carbocycles. The van der Waals surface area contributed by atoms with Gasteiger partial charge in [-0.3, -0.25) is 10.1 Å². The van der Waals surface area contributed by atoms with Crippen LogP contribution in [-0.2, 0) is 4.79 Å². The molecule has 6 nitrogen and oxygen atoms in total. The summed E-state index contributed by atoms with van der Waals surface area (Å²) in [4.78, 5) is 10.7. The fraction of sp³-hybridized carbons (Fsp3) is 0.429. The van der Waals surface area contributed by atoms with Gasteiger partial charge in [-0.1, -0.05) is 12.1 Å². The fourth-order valence-corrected chi connectivity index (χ4v) is 1.72. The number of hydrogen-bond donors (Lipinski definition) is 3. The zero-order valence-electron chi connectivity index (χ0n) is 11.6. The summed E-state index contributed by atoms with van der Waals surface area (Å²) in [5.74, 6) is 0.198. The van der Waals surface area contributed by atoms with Crippen LogP contribution in [0, 0.1) is 11.3 Å². The summed E-state index contributed by atoms with van der Waals surface area (Å²) >= 11 is 0. The smallest absolute Gasteiger partial charge is 0.216 e. The first-order valence-electron chi connectivity index (χ1n) is 6.42. The number of carbonyl (C=O) groups excluding carboxylic acids is 1. The van der Waals surface area contributed by atoms with Crippen LogP contribution < -0.4 is 15.4 Å². The predicted octanol–water partition coefficient (Wildman–Crippen LogP) is 1.08. The first kappa shape index (κ1) is 15.8. The van der Waals surface area contributed by atoms with Gasteiger partial charge in [0.2, 0.25) is 5.91 Å². The Morgan fingerprint density at radius 1 is 1.50 bits per heavy atom. The molecule has 0 spiro atoms. The topological polar surface area (TPSA) is 94.4 Å². The molecule has 1 unspecified atom stereocenters. The summed E-state index contributed by atoms with van der Waals surface area (Å²) in [6.45, 7) is 4.53. The van der Waals surface area contributed by atoms with Gasteiger partial charge in [0.05, 0.1) is 12.7 Å². The van der Waals surface area contributed by atoms with Gasteiger partial charge in [0.25, 0.3) is 0 Å². The third-order valence-corrected chi connectivity index (χ3v) is 2.62. The van der Waals surface area contributed by atoms with E-state index in [9.17, 15) is 15.2 Å². The molecular weight excluding hydrogens is 258 g/mol. The van der Waals surface area contributed by atoms with Crippen LogP contribution in [0.1, 0.15) is 25.5 Å². The molecule has 0 radical (unpaired) electrons. The van der Waals surface area contributed by atoms with E-state index in [0.717, 1.165) is 0 Å². The van der Waals surface area contributed by atoms with E-state index in [1.807, 2.05) is 6.92 Å². The van der Waals surface area contributed by atoms with Crippen molar-refractivity contribution in [1.29, 1.82) is 5.26 Å². The van der Waals surface area contributed by atoms with E-state index in [1.165, 1.54) is 6.92 Å². The molecule has 0 aliphatic heterocycles. The number of nitriles is 1. The lowest BCUT2D eigenvalue weighted by molar-refractivity contribution is -0.118. The van der Waals surface area contributed by atoms with Crippen LogP contribution in [0.3, 0.4) is 0 Å². The highest BCUT2D eigenvalue weighted by molar-refractivity contribution is 5.72. The second-order valence-electron chi connectivity index (χ2n) is 4.13. The molecule has 0 saturated carbocycles. The number of nitrogens with zero attached hydrogens (tertiary/aromatic N) is 1. The minimum Gasteiger partial charge on any atom is -0.504 e. The van der Waals surface area contributed by atoms with Gasteiger partial charge in [-0.05, 0) is 13.0 Å². The van der Waals surface area contributed by atoms with E-state index in [2.05, 4.69) is 16.7 Å². The minimum atomic E-state index is -0.663.